The number of carbonyl (C=O) groups is 2. The number of carbonyl (C=O) groups excluding carboxylic acids is 2. The van der Waals surface area contributed by atoms with Gasteiger partial charge in [-0.25, -0.2) is 0 Å². The average Bonchev–Trinajstić information content (AvgIpc) is 2.59. The Labute approximate surface area is 143 Å². The van der Waals surface area contributed by atoms with Gasteiger partial charge in [-0.15, -0.1) is 0 Å². The third kappa shape index (κ3) is 4.45. The first-order chi connectivity index (χ1) is 12.0. The van der Waals surface area contributed by atoms with Crippen molar-refractivity contribution >= 4 is 17.5 Å². The lowest BCUT2D eigenvalue weighted by molar-refractivity contribution is -0.172. The topological polar surface area (TPSA) is 76.7 Å². The van der Waals surface area contributed by atoms with E-state index in [1.54, 1.807) is 18.2 Å². The lowest BCUT2D eigenvalue weighted by Gasteiger charge is -2.27. The lowest BCUT2D eigenvalue weighted by Crippen LogP contribution is -2.35. The van der Waals surface area contributed by atoms with E-state index < -0.39 is 12.7 Å². The third-order valence-corrected chi connectivity index (χ3v) is 4.53. The normalized spacial score (nSPS) is 22.8. The van der Waals surface area contributed by atoms with Crippen LogP contribution < -0.4 is 15.4 Å². The molecule has 1 saturated carbocycles. The summed E-state index contributed by atoms with van der Waals surface area (Å²) in [6.07, 6.45) is 1.48. The summed E-state index contributed by atoms with van der Waals surface area (Å²) < 4.78 is 34.3. The van der Waals surface area contributed by atoms with Crippen molar-refractivity contribution in [3.8, 4) is 5.75 Å². The fourth-order valence-electron chi connectivity index (χ4n) is 3.24. The second-order valence-corrected chi connectivity index (χ2v) is 6.22. The maximum atomic E-state index is 12.3. The zero-order valence-electron chi connectivity index (χ0n) is 13.6. The summed E-state index contributed by atoms with van der Waals surface area (Å²) >= 11 is 0. The van der Waals surface area contributed by atoms with Crippen molar-refractivity contribution in [1.82, 2.24) is 5.32 Å². The summed E-state index contributed by atoms with van der Waals surface area (Å²) in [6.45, 7) is -2.52. The maximum Gasteiger partial charge on any atom is 0.345 e. The largest absolute Gasteiger partial charge is 0.482 e. The zero-order valence-corrected chi connectivity index (χ0v) is 13.6. The molecule has 1 fully saturated rings. The van der Waals surface area contributed by atoms with Crippen LogP contribution in [0.1, 0.15) is 31.2 Å². The van der Waals surface area contributed by atoms with Crippen LogP contribution in [0.5, 0.6) is 5.75 Å². The van der Waals surface area contributed by atoms with E-state index in [1.165, 1.54) is 0 Å². The molecule has 2 aliphatic rings. The van der Waals surface area contributed by atoms with Gasteiger partial charge in [0.2, 0.25) is 5.91 Å². The van der Waals surface area contributed by atoms with Crippen LogP contribution in [-0.2, 0) is 20.9 Å². The van der Waals surface area contributed by atoms with E-state index in [0.29, 0.717) is 37.1 Å². The highest BCUT2D eigenvalue weighted by Crippen LogP contribution is 2.31. The Bertz CT molecular complexity index is 646. The predicted molar refractivity (Wildman–Crippen MR) is 85.2 cm³/mol. The summed E-state index contributed by atoms with van der Waals surface area (Å²) in [5, 5.41) is 5.61. The Morgan fingerprint density at radius 1 is 1.32 bits per heavy atom. The van der Waals surface area contributed by atoms with Crippen LogP contribution in [0.4, 0.5) is 14.5 Å². The molecular formula is C17H20F2N2O4. The molecule has 1 heterocycles. The van der Waals surface area contributed by atoms with Crippen LogP contribution >= 0.6 is 0 Å². The molecule has 1 aromatic rings. The Balaban J connectivity index is 1.53. The number of para-hydroxylation sites is 1. The minimum absolute atomic E-state index is 0.0211. The van der Waals surface area contributed by atoms with Gasteiger partial charge in [-0.05, 0) is 37.3 Å². The Morgan fingerprint density at radius 2 is 2.08 bits per heavy atom. The summed E-state index contributed by atoms with van der Waals surface area (Å²) in [7, 11) is 0. The minimum Gasteiger partial charge on any atom is -0.482 e. The van der Waals surface area contributed by atoms with Gasteiger partial charge >= 0.3 is 6.61 Å². The molecule has 0 bridgehead atoms. The number of hydrogen-bond acceptors (Lipinski definition) is 4. The van der Waals surface area contributed by atoms with Crippen molar-refractivity contribution in [2.75, 3.05) is 11.9 Å². The minimum atomic E-state index is -2.77. The smallest absolute Gasteiger partial charge is 0.345 e. The second-order valence-electron chi connectivity index (χ2n) is 6.22. The summed E-state index contributed by atoms with van der Waals surface area (Å²) in [6, 6.07) is 5.36. The van der Waals surface area contributed by atoms with E-state index in [-0.39, 0.29) is 30.9 Å². The molecular weight excluding hydrogens is 334 g/mol. The van der Waals surface area contributed by atoms with E-state index in [9.17, 15) is 18.4 Å². The van der Waals surface area contributed by atoms with Crippen LogP contribution in [0.3, 0.4) is 0 Å². The Morgan fingerprint density at radius 3 is 2.80 bits per heavy atom. The van der Waals surface area contributed by atoms with E-state index in [2.05, 4.69) is 15.4 Å². The fraction of sp³-hybridized carbons (Fsp3) is 0.529. The van der Waals surface area contributed by atoms with E-state index in [4.69, 9.17) is 4.74 Å². The number of anilines is 1. The quantitative estimate of drug-likeness (QED) is 0.851. The molecule has 1 aliphatic heterocycles. The molecule has 1 aliphatic carbocycles. The Hall–Kier alpha value is -2.22. The number of ether oxygens (including phenoxy) is 2. The number of alkyl halides is 2. The van der Waals surface area contributed by atoms with Crippen molar-refractivity contribution in [2.45, 2.75) is 44.9 Å². The second kappa shape index (κ2) is 7.77. The molecule has 0 radical (unpaired) electrons. The van der Waals surface area contributed by atoms with Crippen LogP contribution in [0, 0.1) is 5.92 Å². The van der Waals surface area contributed by atoms with E-state index >= 15 is 0 Å². The van der Waals surface area contributed by atoms with Gasteiger partial charge in [-0.3, -0.25) is 9.59 Å². The molecule has 2 amide bonds. The van der Waals surface area contributed by atoms with Crippen molar-refractivity contribution in [3.63, 3.8) is 0 Å². The van der Waals surface area contributed by atoms with E-state index in [0.717, 1.165) is 5.56 Å². The van der Waals surface area contributed by atoms with Crippen molar-refractivity contribution < 1.29 is 27.8 Å². The molecule has 2 N–H and O–H groups in total. The SMILES string of the molecule is O=C1COc2cccc(CNC(=O)C3CCC(OC(F)F)CC3)c2N1. The molecule has 136 valence electrons. The highest BCUT2D eigenvalue weighted by atomic mass is 19.3. The number of benzene rings is 1. The van der Waals surface area contributed by atoms with Crippen LogP contribution in [0.25, 0.3) is 0 Å². The molecule has 0 unspecified atom stereocenters. The highest BCUT2D eigenvalue weighted by Gasteiger charge is 2.28. The standard InChI is InChI=1S/C17H20F2N2O4/c18-17(19)25-12-6-4-10(5-7-12)16(23)20-8-11-2-1-3-13-15(11)21-14(22)9-24-13/h1-3,10,12,17H,4-9H2,(H,20,23)(H,21,22). The summed E-state index contributed by atoms with van der Waals surface area (Å²) in [5.41, 5.74) is 1.33. The summed E-state index contributed by atoms with van der Waals surface area (Å²) in [5.74, 6) is 0.0266. The molecule has 1 aromatic carbocycles. The van der Waals surface area contributed by atoms with Gasteiger partial charge in [-0.1, -0.05) is 12.1 Å². The lowest BCUT2D eigenvalue weighted by atomic mass is 9.86. The molecule has 3 rings (SSSR count). The number of halogens is 2. The molecule has 8 heteroatoms. The van der Waals surface area contributed by atoms with Crippen molar-refractivity contribution in [1.29, 1.82) is 0 Å². The maximum absolute atomic E-state index is 12.3. The van der Waals surface area contributed by atoms with Crippen molar-refractivity contribution in [2.24, 2.45) is 5.92 Å². The first-order valence-corrected chi connectivity index (χ1v) is 8.29. The van der Waals surface area contributed by atoms with E-state index in [1.807, 2.05) is 0 Å². The molecule has 25 heavy (non-hydrogen) atoms. The average molecular weight is 354 g/mol. The van der Waals surface area contributed by atoms with Gasteiger partial charge in [-0.2, -0.15) is 8.78 Å². The van der Waals surface area contributed by atoms with Crippen LogP contribution in [0.2, 0.25) is 0 Å². The molecule has 0 atom stereocenters. The monoisotopic (exact) mass is 354 g/mol. The predicted octanol–water partition coefficient (Wildman–Crippen LogP) is 2.43. The molecule has 0 saturated heterocycles. The van der Waals surface area contributed by atoms with Crippen LogP contribution in [0.15, 0.2) is 18.2 Å². The highest BCUT2D eigenvalue weighted by molar-refractivity contribution is 5.96. The van der Waals surface area contributed by atoms with Gasteiger partial charge in [0.1, 0.15) is 5.75 Å². The molecule has 0 aromatic heterocycles. The first kappa shape index (κ1) is 17.6. The van der Waals surface area contributed by atoms with Gasteiger partial charge in [0, 0.05) is 12.5 Å². The first-order valence-electron chi connectivity index (χ1n) is 8.29. The van der Waals surface area contributed by atoms with Gasteiger partial charge in [0.15, 0.2) is 6.61 Å². The van der Waals surface area contributed by atoms with Crippen LogP contribution in [-0.4, -0.2) is 31.1 Å². The number of rotatable bonds is 5. The number of nitrogens with one attached hydrogen (secondary N) is 2. The molecule has 0 spiro atoms. The molecule has 6 nitrogen and oxygen atoms in total. The zero-order chi connectivity index (χ0) is 17.8. The van der Waals surface area contributed by atoms with Gasteiger partial charge in [0.05, 0.1) is 11.8 Å². The number of amides is 2. The number of fused-ring (bicyclic) bond motifs is 1. The number of hydrogen-bond donors (Lipinski definition) is 2. The summed E-state index contributed by atoms with van der Waals surface area (Å²) in [4.78, 5) is 23.8. The third-order valence-electron chi connectivity index (χ3n) is 4.53. The fourth-order valence-corrected chi connectivity index (χ4v) is 3.24. The van der Waals surface area contributed by atoms with Gasteiger partial charge in [0.25, 0.3) is 5.91 Å². The van der Waals surface area contributed by atoms with Crippen molar-refractivity contribution in [3.05, 3.63) is 23.8 Å². The van der Waals surface area contributed by atoms with Gasteiger partial charge < -0.3 is 20.1 Å². The Kier molecular flexibility index (Phi) is 5.47.